The quantitative estimate of drug-likeness (QED) is 0.912. The van der Waals surface area contributed by atoms with Crippen molar-refractivity contribution >= 4 is 29.1 Å². The smallest absolute Gasteiger partial charge is 0.256 e. The Balaban J connectivity index is 1.79. The average Bonchev–Trinajstić information content (AvgIpc) is 2.98. The van der Waals surface area contributed by atoms with E-state index in [0.717, 1.165) is 19.4 Å². The minimum absolute atomic E-state index is 0.231. The highest BCUT2D eigenvalue weighted by Crippen LogP contribution is 2.38. The number of carbonyl (C=O) groups excluding carboxylic acids is 1. The van der Waals surface area contributed by atoms with Crippen molar-refractivity contribution < 1.29 is 9.90 Å². The van der Waals surface area contributed by atoms with Crippen LogP contribution in [0.5, 0.6) is 0 Å². The van der Waals surface area contributed by atoms with Gasteiger partial charge in [0.25, 0.3) is 5.91 Å². The number of benzene rings is 1. The molecule has 3 nitrogen and oxygen atoms in total. The largest absolute Gasteiger partial charge is 0.378 e. The standard InChI is InChI=1S/C14H15Cl2NO2/c15-10-4-9(5-11(16)6-10)13(18)14(19)17-7-8-1-2-12(17)3-8/h4-6,8,12-13,18H,1-3,7H2. The molecule has 0 spiro atoms. The third kappa shape index (κ3) is 2.47. The van der Waals surface area contributed by atoms with Gasteiger partial charge in [-0.2, -0.15) is 0 Å². The molecule has 2 aliphatic rings. The monoisotopic (exact) mass is 299 g/mol. The van der Waals surface area contributed by atoms with Crippen molar-refractivity contribution in [2.24, 2.45) is 5.92 Å². The molecule has 5 heteroatoms. The van der Waals surface area contributed by atoms with Crippen molar-refractivity contribution in [3.8, 4) is 0 Å². The molecule has 1 aromatic rings. The lowest BCUT2D eigenvalue weighted by Crippen LogP contribution is -2.40. The SMILES string of the molecule is O=C(C(O)c1cc(Cl)cc(Cl)c1)N1CC2CCC1C2. The van der Waals surface area contributed by atoms with Crippen LogP contribution >= 0.6 is 23.2 Å². The van der Waals surface area contributed by atoms with Gasteiger partial charge in [-0.05, 0) is 48.9 Å². The summed E-state index contributed by atoms with van der Waals surface area (Å²) in [6.45, 7) is 0.773. The minimum atomic E-state index is -1.17. The second kappa shape index (κ2) is 4.97. The van der Waals surface area contributed by atoms with Gasteiger partial charge in [-0.15, -0.1) is 0 Å². The fourth-order valence-corrected chi connectivity index (χ4v) is 3.77. The highest BCUT2D eigenvalue weighted by Gasteiger charge is 2.42. The number of rotatable bonds is 2. The summed E-state index contributed by atoms with van der Waals surface area (Å²) in [5.41, 5.74) is 0.463. The molecule has 3 atom stereocenters. The molecule has 1 aliphatic heterocycles. The number of hydrogen-bond acceptors (Lipinski definition) is 2. The molecule has 2 bridgehead atoms. The number of piperidine rings is 1. The zero-order chi connectivity index (χ0) is 13.6. The molecule has 1 aliphatic carbocycles. The van der Waals surface area contributed by atoms with Crippen LogP contribution in [0.15, 0.2) is 18.2 Å². The van der Waals surface area contributed by atoms with Gasteiger partial charge in [0.2, 0.25) is 0 Å². The molecule has 1 saturated heterocycles. The maximum atomic E-state index is 12.3. The van der Waals surface area contributed by atoms with E-state index in [1.54, 1.807) is 18.2 Å². The first-order valence-corrected chi connectivity index (χ1v) is 7.24. The Hall–Kier alpha value is -0.770. The van der Waals surface area contributed by atoms with Crippen LogP contribution in [0.25, 0.3) is 0 Å². The summed E-state index contributed by atoms with van der Waals surface area (Å²) < 4.78 is 0. The number of fused-ring (bicyclic) bond motifs is 2. The van der Waals surface area contributed by atoms with Gasteiger partial charge in [-0.3, -0.25) is 4.79 Å². The van der Waals surface area contributed by atoms with Crippen molar-refractivity contribution in [2.75, 3.05) is 6.54 Å². The van der Waals surface area contributed by atoms with E-state index in [2.05, 4.69) is 0 Å². The molecule has 19 heavy (non-hydrogen) atoms. The van der Waals surface area contributed by atoms with E-state index in [1.807, 2.05) is 4.90 Å². The Morgan fingerprint density at radius 2 is 1.95 bits per heavy atom. The van der Waals surface area contributed by atoms with Crippen LogP contribution in [-0.2, 0) is 4.79 Å². The number of likely N-dealkylation sites (tertiary alicyclic amines) is 1. The Morgan fingerprint density at radius 1 is 1.26 bits per heavy atom. The molecule has 0 aromatic heterocycles. The molecular weight excluding hydrogens is 285 g/mol. The van der Waals surface area contributed by atoms with Crippen molar-refractivity contribution in [1.82, 2.24) is 4.90 Å². The molecule has 1 heterocycles. The van der Waals surface area contributed by atoms with Crippen molar-refractivity contribution in [3.05, 3.63) is 33.8 Å². The fraction of sp³-hybridized carbons (Fsp3) is 0.500. The van der Waals surface area contributed by atoms with E-state index in [0.29, 0.717) is 27.6 Å². The zero-order valence-corrected chi connectivity index (χ0v) is 11.9. The number of halogens is 2. The predicted octanol–water partition coefficient (Wildman–Crippen LogP) is 3.04. The molecular formula is C14H15Cl2NO2. The molecule has 3 rings (SSSR count). The topological polar surface area (TPSA) is 40.5 Å². The molecule has 1 saturated carbocycles. The summed E-state index contributed by atoms with van der Waals surface area (Å²) in [5, 5.41) is 11.1. The molecule has 2 fully saturated rings. The van der Waals surface area contributed by atoms with Crippen molar-refractivity contribution in [3.63, 3.8) is 0 Å². The highest BCUT2D eigenvalue weighted by molar-refractivity contribution is 6.34. The maximum absolute atomic E-state index is 12.3. The third-order valence-corrected chi connectivity index (χ3v) is 4.56. The summed E-state index contributed by atoms with van der Waals surface area (Å²) in [6.07, 6.45) is 2.16. The number of aliphatic hydroxyl groups excluding tert-OH is 1. The number of carbonyl (C=O) groups is 1. The molecule has 102 valence electrons. The van der Waals surface area contributed by atoms with Crippen molar-refractivity contribution in [1.29, 1.82) is 0 Å². The van der Waals surface area contributed by atoms with E-state index in [1.165, 1.54) is 6.42 Å². The molecule has 1 N–H and O–H groups in total. The van der Waals surface area contributed by atoms with Crippen LogP contribution in [0.2, 0.25) is 10.0 Å². The molecule has 0 radical (unpaired) electrons. The Kier molecular flexibility index (Phi) is 3.46. The molecule has 1 aromatic carbocycles. The zero-order valence-electron chi connectivity index (χ0n) is 10.4. The van der Waals surface area contributed by atoms with E-state index < -0.39 is 6.10 Å². The van der Waals surface area contributed by atoms with Gasteiger partial charge < -0.3 is 10.0 Å². The minimum Gasteiger partial charge on any atom is -0.378 e. The molecule has 3 unspecified atom stereocenters. The first-order chi connectivity index (χ1) is 9.04. The van der Waals surface area contributed by atoms with Crippen LogP contribution < -0.4 is 0 Å². The third-order valence-electron chi connectivity index (χ3n) is 4.13. The summed E-state index contributed by atoms with van der Waals surface area (Å²) >= 11 is 11.8. The van der Waals surface area contributed by atoms with E-state index in [-0.39, 0.29) is 5.91 Å². The van der Waals surface area contributed by atoms with Crippen LogP contribution in [0.4, 0.5) is 0 Å². The van der Waals surface area contributed by atoms with Gasteiger partial charge in [-0.25, -0.2) is 0 Å². The maximum Gasteiger partial charge on any atom is 0.256 e. The Labute approximate surface area is 122 Å². The van der Waals surface area contributed by atoms with Crippen LogP contribution in [0, 0.1) is 5.92 Å². The number of nitrogens with zero attached hydrogens (tertiary/aromatic N) is 1. The highest BCUT2D eigenvalue weighted by atomic mass is 35.5. The van der Waals surface area contributed by atoms with E-state index in [4.69, 9.17) is 23.2 Å². The van der Waals surface area contributed by atoms with Gasteiger partial charge in [0.1, 0.15) is 0 Å². The predicted molar refractivity (Wildman–Crippen MR) is 74.3 cm³/mol. The Bertz CT molecular complexity index is 500. The second-order valence-corrected chi connectivity index (χ2v) is 6.30. The lowest BCUT2D eigenvalue weighted by molar-refractivity contribution is -0.142. The average molecular weight is 300 g/mol. The van der Waals surface area contributed by atoms with Gasteiger partial charge in [0, 0.05) is 22.6 Å². The van der Waals surface area contributed by atoms with Gasteiger partial charge in [-0.1, -0.05) is 23.2 Å². The number of aliphatic hydroxyl groups is 1. The normalized spacial score (nSPS) is 26.8. The summed E-state index contributed by atoms with van der Waals surface area (Å²) in [6, 6.07) is 5.07. The second-order valence-electron chi connectivity index (χ2n) is 5.43. The van der Waals surface area contributed by atoms with Crippen LogP contribution in [0.3, 0.4) is 0 Å². The van der Waals surface area contributed by atoms with Crippen LogP contribution in [0.1, 0.15) is 30.9 Å². The summed E-state index contributed by atoms with van der Waals surface area (Å²) in [4.78, 5) is 14.2. The Morgan fingerprint density at radius 3 is 2.47 bits per heavy atom. The van der Waals surface area contributed by atoms with Crippen LogP contribution in [-0.4, -0.2) is 28.5 Å². The van der Waals surface area contributed by atoms with Gasteiger partial charge >= 0.3 is 0 Å². The number of amides is 1. The fourth-order valence-electron chi connectivity index (χ4n) is 3.23. The number of hydrogen-bond donors (Lipinski definition) is 1. The van der Waals surface area contributed by atoms with Gasteiger partial charge in [0.05, 0.1) is 0 Å². The summed E-state index contributed by atoms with van der Waals surface area (Å²) in [7, 11) is 0. The first kappa shape index (κ1) is 13.2. The first-order valence-electron chi connectivity index (χ1n) is 6.49. The van der Waals surface area contributed by atoms with E-state index in [9.17, 15) is 9.90 Å². The van der Waals surface area contributed by atoms with Gasteiger partial charge in [0.15, 0.2) is 6.10 Å². The lowest BCUT2D eigenvalue weighted by Gasteiger charge is -2.29. The van der Waals surface area contributed by atoms with E-state index >= 15 is 0 Å². The molecule has 1 amide bonds. The lowest BCUT2D eigenvalue weighted by atomic mass is 10.1. The van der Waals surface area contributed by atoms with Crippen molar-refractivity contribution in [2.45, 2.75) is 31.4 Å². The summed E-state index contributed by atoms with van der Waals surface area (Å²) in [5.74, 6) is 0.384.